The van der Waals surface area contributed by atoms with Gasteiger partial charge in [-0.05, 0) is 6.07 Å². The summed E-state index contributed by atoms with van der Waals surface area (Å²) in [5.74, 6) is -5.68. The summed E-state index contributed by atoms with van der Waals surface area (Å²) in [6.07, 6.45) is 1.14. The van der Waals surface area contributed by atoms with Gasteiger partial charge in [-0.3, -0.25) is 5.10 Å². The van der Waals surface area contributed by atoms with Crippen molar-refractivity contribution >= 4 is 5.82 Å². The molecule has 0 aliphatic carbocycles. The Bertz CT molecular complexity index is 553. The molecule has 0 saturated heterocycles. The monoisotopic (exact) mass is 229 g/mol. The molecule has 4 nitrogen and oxygen atoms in total. The lowest BCUT2D eigenvalue weighted by molar-refractivity contribution is 0.377. The molecule has 0 unspecified atom stereocenters. The predicted octanol–water partition coefficient (Wildman–Crippen LogP) is 1.78. The summed E-state index contributed by atoms with van der Waals surface area (Å²) < 4.78 is 39.2. The molecule has 2 rings (SSSR count). The van der Waals surface area contributed by atoms with Crippen LogP contribution in [-0.4, -0.2) is 15.3 Å². The average molecular weight is 229 g/mol. The van der Waals surface area contributed by atoms with E-state index in [4.69, 9.17) is 10.8 Å². The lowest BCUT2D eigenvalue weighted by Gasteiger charge is -2.05. The summed E-state index contributed by atoms with van der Waals surface area (Å²) in [5.41, 5.74) is 5.09. The normalized spacial score (nSPS) is 10.7. The van der Waals surface area contributed by atoms with Crippen molar-refractivity contribution in [3.63, 3.8) is 0 Å². The molecule has 0 radical (unpaired) electrons. The SMILES string of the molecule is Nc1[nH]ncc1-c1cc(F)c(F)c(O)c1F. The number of hydrogen-bond acceptors (Lipinski definition) is 3. The van der Waals surface area contributed by atoms with E-state index in [1.54, 1.807) is 0 Å². The van der Waals surface area contributed by atoms with E-state index < -0.39 is 23.2 Å². The van der Waals surface area contributed by atoms with Crippen molar-refractivity contribution in [2.45, 2.75) is 0 Å². The molecule has 1 aromatic carbocycles. The summed E-state index contributed by atoms with van der Waals surface area (Å²) in [4.78, 5) is 0. The first kappa shape index (κ1) is 10.3. The molecule has 0 atom stereocenters. The maximum absolute atomic E-state index is 13.4. The molecular weight excluding hydrogens is 223 g/mol. The summed E-state index contributed by atoms with van der Waals surface area (Å²) >= 11 is 0. The number of aromatic amines is 1. The van der Waals surface area contributed by atoms with Gasteiger partial charge < -0.3 is 10.8 Å². The number of phenols is 1. The van der Waals surface area contributed by atoms with Crippen LogP contribution in [0.4, 0.5) is 19.0 Å². The fraction of sp³-hybridized carbons (Fsp3) is 0. The van der Waals surface area contributed by atoms with Crippen LogP contribution in [0.1, 0.15) is 0 Å². The Balaban J connectivity index is 2.72. The standard InChI is InChI=1S/C9H6F3N3O/c10-5-1-3(4-2-14-15-9(4)13)6(11)8(16)7(5)12/h1-2,16H,(H3,13,14,15). The van der Waals surface area contributed by atoms with Gasteiger partial charge in [0.05, 0.1) is 6.20 Å². The van der Waals surface area contributed by atoms with Crippen LogP contribution >= 0.6 is 0 Å². The number of aromatic nitrogens is 2. The zero-order valence-electron chi connectivity index (χ0n) is 7.76. The van der Waals surface area contributed by atoms with E-state index >= 15 is 0 Å². The number of nitrogen functional groups attached to an aromatic ring is 1. The number of nitrogens with zero attached hydrogens (tertiary/aromatic N) is 1. The summed E-state index contributed by atoms with van der Waals surface area (Å²) in [5, 5.41) is 14.8. The molecule has 2 aromatic rings. The van der Waals surface area contributed by atoms with Crippen molar-refractivity contribution in [3.05, 3.63) is 29.7 Å². The van der Waals surface area contributed by atoms with Crippen LogP contribution in [0.3, 0.4) is 0 Å². The van der Waals surface area contributed by atoms with E-state index in [9.17, 15) is 13.2 Å². The molecule has 84 valence electrons. The minimum absolute atomic E-state index is 0.00990. The Morgan fingerprint density at radius 1 is 1.19 bits per heavy atom. The van der Waals surface area contributed by atoms with Crippen LogP contribution in [0.2, 0.25) is 0 Å². The smallest absolute Gasteiger partial charge is 0.203 e. The number of halogens is 3. The van der Waals surface area contributed by atoms with E-state index in [0.29, 0.717) is 6.07 Å². The van der Waals surface area contributed by atoms with Crippen LogP contribution < -0.4 is 5.73 Å². The van der Waals surface area contributed by atoms with Crippen LogP contribution in [0.25, 0.3) is 11.1 Å². The largest absolute Gasteiger partial charge is 0.503 e. The Morgan fingerprint density at radius 3 is 2.44 bits per heavy atom. The zero-order chi connectivity index (χ0) is 11.9. The fourth-order valence-corrected chi connectivity index (χ4v) is 1.30. The van der Waals surface area contributed by atoms with Gasteiger partial charge in [-0.15, -0.1) is 0 Å². The molecular formula is C9H6F3N3O. The first-order chi connectivity index (χ1) is 7.52. The first-order valence-corrected chi connectivity index (χ1v) is 4.18. The summed E-state index contributed by atoms with van der Waals surface area (Å²) in [6, 6.07) is 0.603. The Morgan fingerprint density at radius 2 is 1.88 bits per heavy atom. The topological polar surface area (TPSA) is 74.9 Å². The van der Waals surface area contributed by atoms with E-state index in [1.807, 2.05) is 0 Å². The number of nitrogens with one attached hydrogen (secondary N) is 1. The van der Waals surface area contributed by atoms with Crippen molar-refractivity contribution < 1.29 is 18.3 Å². The molecule has 1 aromatic heterocycles. The lowest BCUT2D eigenvalue weighted by Crippen LogP contribution is -1.95. The van der Waals surface area contributed by atoms with Crippen molar-refractivity contribution in [1.29, 1.82) is 0 Å². The highest BCUT2D eigenvalue weighted by Crippen LogP contribution is 2.34. The Hall–Kier alpha value is -2.18. The molecule has 0 bridgehead atoms. The van der Waals surface area contributed by atoms with E-state index in [0.717, 1.165) is 6.20 Å². The quantitative estimate of drug-likeness (QED) is 0.652. The number of phenolic OH excluding ortho intramolecular Hbond substituents is 1. The summed E-state index contributed by atoms with van der Waals surface area (Å²) in [7, 11) is 0. The number of nitrogens with two attached hydrogens (primary N) is 1. The number of anilines is 1. The number of aromatic hydroxyl groups is 1. The Labute approximate surface area is 87.5 Å². The van der Waals surface area contributed by atoms with Crippen molar-refractivity contribution in [2.75, 3.05) is 5.73 Å². The van der Waals surface area contributed by atoms with Gasteiger partial charge in [0.25, 0.3) is 0 Å². The second-order valence-electron chi connectivity index (χ2n) is 3.08. The van der Waals surface area contributed by atoms with Crippen molar-refractivity contribution in [1.82, 2.24) is 10.2 Å². The van der Waals surface area contributed by atoms with Gasteiger partial charge in [-0.1, -0.05) is 0 Å². The van der Waals surface area contributed by atoms with Gasteiger partial charge in [-0.2, -0.15) is 9.49 Å². The highest BCUT2D eigenvalue weighted by atomic mass is 19.2. The van der Waals surface area contributed by atoms with Crippen LogP contribution in [0.5, 0.6) is 5.75 Å². The molecule has 0 spiro atoms. The third-order valence-electron chi connectivity index (χ3n) is 2.09. The van der Waals surface area contributed by atoms with Crippen LogP contribution in [0, 0.1) is 17.5 Å². The third-order valence-corrected chi connectivity index (χ3v) is 2.09. The van der Waals surface area contributed by atoms with Crippen molar-refractivity contribution in [3.8, 4) is 16.9 Å². The van der Waals surface area contributed by atoms with E-state index in [1.165, 1.54) is 0 Å². The van der Waals surface area contributed by atoms with Gasteiger partial charge in [0, 0.05) is 11.1 Å². The number of hydrogen-bond donors (Lipinski definition) is 3. The second-order valence-corrected chi connectivity index (χ2v) is 3.08. The van der Waals surface area contributed by atoms with Crippen LogP contribution in [0.15, 0.2) is 12.3 Å². The molecule has 0 aliphatic heterocycles. The maximum atomic E-state index is 13.4. The zero-order valence-corrected chi connectivity index (χ0v) is 7.76. The third kappa shape index (κ3) is 1.37. The average Bonchev–Trinajstić information content (AvgIpc) is 2.67. The van der Waals surface area contributed by atoms with E-state index in [-0.39, 0.29) is 16.9 Å². The van der Waals surface area contributed by atoms with Gasteiger partial charge >= 0.3 is 0 Å². The Kier molecular flexibility index (Phi) is 2.22. The predicted molar refractivity (Wildman–Crippen MR) is 50.0 cm³/mol. The minimum Gasteiger partial charge on any atom is -0.503 e. The minimum atomic E-state index is -1.64. The van der Waals surface area contributed by atoms with Gasteiger partial charge in [0.1, 0.15) is 5.82 Å². The molecule has 0 saturated carbocycles. The van der Waals surface area contributed by atoms with E-state index in [2.05, 4.69) is 10.2 Å². The number of rotatable bonds is 1. The molecule has 0 amide bonds. The molecule has 7 heteroatoms. The van der Waals surface area contributed by atoms with Crippen LogP contribution in [-0.2, 0) is 0 Å². The van der Waals surface area contributed by atoms with Gasteiger partial charge in [0.15, 0.2) is 17.4 Å². The molecule has 1 heterocycles. The molecule has 4 N–H and O–H groups in total. The highest BCUT2D eigenvalue weighted by molar-refractivity contribution is 5.74. The first-order valence-electron chi connectivity index (χ1n) is 4.18. The van der Waals surface area contributed by atoms with Gasteiger partial charge in [0.2, 0.25) is 5.82 Å². The number of H-pyrrole nitrogens is 1. The summed E-state index contributed by atoms with van der Waals surface area (Å²) in [6.45, 7) is 0. The highest BCUT2D eigenvalue weighted by Gasteiger charge is 2.20. The van der Waals surface area contributed by atoms with Crippen molar-refractivity contribution in [2.24, 2.45) is 0 Å². The number of benzene rings is 1. The second kappa shape index (κ2) is 3.44. The molecule has 16 heavy (non-hydrogen) atoms. The molecule has 0 fully saturated rings. The van der Waals surface area contributed by atoms with Gasteiger partial charge in [-0.25, -0.2) is 8.78 Å². The maximum Gasteiger partial charge on any atom is 0.203 e. The lowest BCUT2D eigenvalue weighted by atomic mass is 10.1. The fourth-order valence-electron chi connectivity index (χ4n) is 1.30. The molecule has 0 aliphatic rings.